The van der Waals surface area contributed by atoms with Gasteiger partial charge >= 0.3 is 0 Å². The summed E-state index contributed by atoms with van der Waals surface area (Å²) in [6.45, 7) is 1.98. The molecule has 116 valence electrons. The molecule has 0 bridgehead atoms. The summed E-state index contributed by atoms with van der Waals surface area (Å²) in [6.07, 6.45) is 3.27. The van der Waals surface area contributed by atoms with Crippen LogP contribution >= 0.6 is 23.3 Å². The minimum atomic E-state index is -0.143. The van der Waals surface area contributed by atoms with E-state index in [0.717, 1.165) is 26.5 Å². The summed E-state index contributed by atoms with van der Waals surface area (Å²) in [5.74, 6) is -0.143. The van der Waals surface area contributed by atoms with Gasteiger partial charge in [0.25, 0.3) is 5.91 Å². The van der Waals surface area contributed by atoms with Gasteiger partial charge in [-0.1, -0.05) is 6.07 Å². The molecule has 0 saturated heterocycles. The first kappa shape index (κ1) is 15.4. The Morgan fingerprint density at radius 1 is 1.48 bits per heavy atom. The van der Waals surface area contributed by atoms with Gasteiger partial charge in [0, 0.05) is 30.6 Å². The molecule has 1 amide bonds. The van der Waals surface area contributed by atoms with Gasteiger partial charge in [-0.25, -0.2) is 4.98 Å². The molecule has 0 aliphatic rings. The maximum atomic E-state index is 11.5. The average molecular weight is 343 g/mol. The summed E-state index contributed by atoms with van der Waals surface area (Å²) in [5, 5.41) is 12.7. The second kappa shape index (κ2) is 6.32. The second-order valence-corrected chi connectivity index (χ2v) is 6.85. The fourth-order valence-corrected chi connectivity index (χ4v) is 3.85. The molecule has 0 radical (unpaired) electrons. The highest BCUT2D eigenvalue weighted by molar-refractivity contribution is 8.02. The maximum Gasteiger partial charge on any atom is 0.262 e. The van der Waals surface area contributed by atoms with Crippen LogP contribution < -0.4 is 10.0 Å². The van der Waals surface area contributed by atoms with Crippen LogP contribution in [0.1, 0.15) is 20.8 Å². The number of aryl methyl sites for hydroxylation is 1. The van der Waals surface area contributed by atoms with Gasteiger partial charge in [0.1, 0.15) is 10.9 Å². The van der Waals surface area contributed by atoms with Gasteiger partial charge in [-0.05, 0) is 18.6 Å². The van der Waals surface area contributed by atoms with Crippen molar-refractivity contribution >= 4 is 45.8 Å². The number of rotatable bonds is 4. The van der Waals surface area contributed by atoms with Crippen molar-refractivity contribution in [2.24, 2.45) is 0 Å². The molecule has 0 saturated carbocycles. The number of anilines is 1. The lowest BCUT2D eigenvalue weighted by Crippen LogP contribution is -2.16. The van der Waals surface area contributed by atoms with Gasteiger partial charge in [-0.15, -0.1) is 11.3 Å². The number of hydrogen-bond donors (Lipinski definition) is 3. The number of benzene rings is 1. The molecule has 0 aliphatic carbocycles. The van der Waals surface area contributed by atoms with Crippen molar-refractivity contribution < 1.29 is 4.79 Å². The normalized spacial score (nSPS) is 10.5. The molecule has 2 heterocycles. The third kappa shape index (κ3) is 2.88. The number of nitrogens with one attached hydrogen (secondary N) is 3. The molecule has 6 nitrogen and oxygen atoms in total. The highest BCUT2D eigenvalue weighted by atomic mass is 32.2. The molecule has 3 N–H and O–H groups in total. The number of aromatic amines is 1. The third-order valence-electron chi connectivity index (χ3n) is 3.35. The maximum absolute atomic E-state index is 11.5. The van der Waals surface area contributed by atoms with E-state index in [0.29, 0.717) is 10.4 Å². The molecular weight excluding hydrogens is 330 g/mol. The van der Waals surface area contributed by atoms with E-state index in [1.165, 1.54) is 23.3 Å². The van der Waals surface area contributed by atoms with Gasteiger partial charge < -0.3 is 15.0 Å². The molecule has 8 heteroatoms. The highest BCUT2D eigenvalue weighted by Gasteiger charge is 2.12. The number of carbonyl (C=O) groups excluding carboxylic acids is 1. The van der Waals surface area contributed by atoms with E-state index in [2.05, 4.69) is 26.1 Å². The van der Waals surface area contributed by atoms with E-state index in [-0.39, 0.29) is 5.91 Å². The lowest BCUT2D eigenvalue weighted by Gasteiger charge is -2.06. The van der Waals surface area contributed by atoms with Crippen LogP contribution in [-0.4, -0.2) is 22.9 Å². The van der Waals surface area contributed by atoms with Gasteiger partial charge in [0.05, 0.1) is 23.0 Å². The molecule has 23 heavy (non-hydrogen) atoms. The van der Waals surface area contributed by atoms with Crippen molar-refractivity contribution in [3.8, 4) is 6.07 Å². The van der Waals surface area contributed by atoms with Crippen molar-refractivity contribution in [3.63, 3.8) is 0 Å². The topological polar surface area (TPSA) is 93.6 Å². The van der Waals surface area contributed by atoms with Crippen LogP contribution in [0.25, 0.3) is 10.9 Å². The molecule has 0 unspecified atom stereocenters. The van der Waals surface area contributed by atoms with Gasteiger partial charge in [-0.3, -0.25) is 4.79 Å². The van der Waals surface area contributed by atoms with E-state index < -0.39 is 0 Å². The van der Waals surface area contributed by atoms with E-state index in [4.69, 9.17) is 0 Å². The monoisotopic (exact) mass is 343 g/mol. The van der Waals surface area contributed by atoms with E-state index in [9.17, 15) is 10.1 Å². The number of nitrogens with zero attached hydrogens (tertiary/aromatic N) is 2. The number of amides is 1. The summed E-state index contributed by atoms with van der Waals surface area (Å²) in [6, 6.07) is 6.12. The third-order valence-corrected chi connectivity index (χ3v) is 5.24. The molecule has 3 rings (SSSR count). The van der Waals surface area contributed by atoms with E-state index >= 15 is 0 Å². The SMILES string of the molecule is CNC(=O)c1cnc(SNc2ccc(C)c3c(C#N)c[nH]c23)s1. The summed E-state index contributed by atoms with van der Waals surface area (Å²) in [4.78, 5) is 19.5. The van der Waals surface area contributed by atoms with Crippen LogP contribution in [0.15, 0.2) is 28.9 Å². The predicted molar refractivity (Wildman–Crippen MR) is 92.7 cm³/mol. The van der Waals surface area contributed by atoms with Crippen LogP contribution in [0.4, 0.5) is 5.69 Å². The van der Waals surface area contributed by atoms with Crippen LogP contribution in [0, 0.1) is 18.3 Å². The molecule has 0 atom stereocenters. The number of nitriles is 1. The molecule has 0 fully saturated rings. The van der Waals surface area contributed by atoms with Crippen LogP contribution in [0.3, 0.4) is 0 Å². The van der Waals surface area contributed by atoms with Gasteiger partial charge in [-0.2, -0.15) is 5.26 Å². The highest BCUT2D eigenvalue weighted by Crippen LogP contribution is 2.32. The summed E-state index contributed by atoms with van der Waals surface area (Å²) >= 11 is 2.65. The predicted octanol–water partition coefficient (Wildman–Crippen LogP) is 3.28. The Labute approximate surface area is 141 Å². The van der Waals surface area contributed by atoms with Crippen LogP contribution in [0.5, 0.6) is 0 Å². The lowest BCUT2D eigenvalue weighted by atomic mass is 10.1. The number of fused-ring (bicyclic) bond motifs is 1. The summed E-state index contributed by atoms with van der Waals surface area (Å²) in [7, 11) is 1.59. The minimum Gasteiger partial charge on any atom is -0.358 e. The van der Waals surface area contributed by atoms with Crippen LogP contribution in [0.2, 0.25) is 0 Å². The Bertz CT molecular complexity index is 922. The molecule has 0 spiro atoms. The van der Waals surface area contributed by atoms with Crippen molar-refractivity contribution in [2.75, 3.05) is 11.8 Å². The lowest BCUT2D eigenvalue weighted by molar-refractivity contribution is 0.0967. The zero-order valence-electron chi connectivity index (χ0n) is 12.4. The Kier molecular flexibility index (Phi) is 4.23. The molecular formula is C15H13N5OS2. The zero-order valence-corrected chi connectivity index (χ0v) is 14.1. The number of hydrogen-bond acceptors (Lipinski definition) is 6. The minimum absolute atomic E-state index is 0.143. The standard InChI is InChI=1S/C15H13N5OS2/c1-8-3-4-10(13-12(8)9(5-16)6-18-13)20-23-15-19-7-11(22-15)14(21)17-2/h3-4,6-7,18,20H,1-2H3,(H,17,21). The quantitative estimate of drug-likeness (QED) is 0.632. The molecule has 0 aliphatic heterocycles. The van der Waals surface area contributed by atoms with E-state index in [1.54, 1.807) is 19.4 Å². The smallest absolute Gasteiger partial charge is 0.262 e. The number of H-pyrrole nitrogens is 1. The Balaban J connectivity index is 1.84. The van der Waals surface area contributed by atoms with Crippen molar-refractivity contribution in [2.45, 2.75) is 11.3 Å². The fraction of sp³-hybridized carbons (Fsp3) is 0.133. The zero-order chi connectivity index (χ0) is 16.4. The summed E-state index contributed by atoms with van der Waals surface area (Å²) < 4.78 is 3.97. The Morgan fingerprint density at radius 2 is 2.30 bits per heavy atom. The van der Waals surface area contributed by atoms with Gasteiger partial charge in [0.15, 0.2) is 4.34 Å². The van der Waals surface area contributed by atoms with Crippen molar-refractivity contribution in [3.05, 3.63) is 40.5 Å². The molecule has 1 aromatic carbocycles. The molecule has 2 aromatic heterocycles. The number of aromatic nitrogens is 2. The largest absolute Gasteiger partial charge is 0.358 e. The first-order valence-corrected chi connectivity index (χ1v) is 8.39. The second-order valence-electron chi connectivity index (χ2n) is 4.77. The van der Waals surface area contributed by atoms with Crippen molar-refractivity contribution in [1.82, 2.24) is 15.3 Å². The number of carbonyl (C=O) groups is 1. The number of thiazole rings is 1. The van der Waals surface area contributed by atoms with Crippen LogP contribution in [-0.2, 0) is 0 Å². The van der Waals surface area contributed by atoms with Crippen molar-refractivity contribution in [1.29, 1.82) is 5.26 Å². The average Bonchev–Trinajstić information content (AvgIpc) is 3.20. The Hall–Kier alpha value is -2.50. The van der Waals surface area contributed by atoms with E-state index in [1.807, 2.05) is 19.1 Å². The molecule has 3 aromatic rings. The summed E-state index contributed by atoms with van der Waals surface area (Å²) in [5.41, 5.74) is 3.43. The van der Waals surface area contributed by atoms with Gasteiger partial charge in [0.2, 0.25) is 0 Å². The first-order valence-electron chi connectivity index (χ1n) is 6.75. The fourth-order valence-electron chi connectivity index (χ4n) is 2.23. The first-order chi connectivity index (χ1) is 11.1. The Morgan fingerprint density at radius 3 is 3.04 bits per heavy atom.